The molecule has 1 heterocycles. The van der Waals surface area contributed by atoms with Crippen LogP contribution >= 0.6 is 0 Å². The number of hydrogen-bond acceptors (Lipinski definition) is 4. The minimum absolute atomic E-state index is 0.0639. The van der Waals surface area contributed by atoms with E-state index in [1.165, 1.54) is 168 Å². The second-order valence-corrected chi connectivity index (χ2v) is 33.8. The average molecular weight is 1590 g/mol. The van der Waals surface area contributed by atoms with Crippen LogP contribution in [0.25, 0.3) is 173 Å². The van der Waals surface area contributed by atoms with Crippen molar-refractivity contribution < 1.29 is 4.42 Å². The molecule has 0 saturated carbocycles. The summed E-state index contributed by atoms with van der Waals surface area (Å²) in [5.41, 5.74) is 17.4. The summed E-state index contributed by atoms with van der Waals surface area (Å²) >= 11 is 0. The molecule has 1 aliphatic carbocycles. The summed E-state index contributed by atoms with van der Waals surface area (Å²) < 4.78 is 6.30. The molecular weight excluding hydrogens is 1510 g/mol. The van der Waals surface area contributed by atoms with Crippen LogP contribution in [0, 0.1) is 0 Å². The molecule has 26 rings (SSSR count). The van der Waals surface area contributed by atoms with E-state index in [9.17, 15) is 0 Å². The maximum absolute atomic E-state index is 6.30. The van der Waals surface area contributed by atoms with Crippen molar-refractivity contribution in [3.8, 4) is 11.1 Å². The standard InChI is InChI=1S/C43H31N.C40H25NO.C38H25N/c1-43(2)40-15-9-8-14-36(40)37-25-22-33(27-41(37)43)44(31-11-4-3-5-12-31)32-21-18-29-16-17-30-20-23-35-34-13-7-6-10-28(34)19-24-38(35)42(30)39(29)26-32;1-2-9-29(10-3-1)41(31-20-23-35-34-12-6-7-13-38(34)42-39(35)25-31)30-19-16-27-14-15-28-18-21-33-32-11-5-4-8-26(32)17-22-36(33)40(28)37(27)24-30;1-2-11-31(12-3-1)39(32-19-16-26-8-4-5-10-29(26)24-32)33-20-23-34-30(25-33)18-22-37-36(34)21-17-28-15-14-27-9-6-7-13-35(27)38(28)37/h3-27H,1-2H3;1-25H;1-25H. The van der Waals surface area contributed by atoms with E-state index in [-0.39, 0.29) is 5.41 Å². The summed E-state index contributed by atoms with van der Waals surface area (Å²) in [5, 5.41) is 35.5. The molecule has 1 aromatic heterocycles. The molecule has 586 valence electrons. The van der Waals surface area contributed by atoms with Gasteiger partial charge in [-0.25, -0.2) is 0 Å². The van der Waals surface area contributed by atoms with Crippen LogP contribution in [0.2, 0.25) is 0 Å². The van der Waals surface area contributed by atoms with E-state index in [1.807, 2.05) is 12.1 Å². The van der Waals surface area contributed by atoms with Crippen LogP contribution in [0.15, 0.2) is 459 Å². The first kappa shape index (κ1) is 72.8. The van der Waals surface area contributed by atoms with Crippen LogP contribution in [-0.2, 0) is 5.41 Å². The third-order valence-electron chi connectivity index (χ3n) is 26.4. The zero-order valence-corrected chi connectivity index (χ0v) is 69.1. The fraction of sp³-hybridized carbons (Fsp3) is 0.0248. The molecule has 0 atom stereocenters. The van der Waals surface area contributed by atoms with Crippen LogP contribution in [0.5, 0.6) is 0 Å². The molecule has 0 spiro atoms. The Labute approximate surface area is 723 Å². The van der Waals surface area contributed by atoms with Gasteiger partial charge in [-0.3, -0.25) is 0 Å². The monoisotopic (exact) mass is 1590 g/mol. The van der Waals surface area contributed by atoms with Crippen molar-refractivity contribution in [3.05, 3.63) is 466 Å². The number of para-hydroxylation sites is 4. The summed E-state index contributed by atoms with van der Waals surface area (Å²) in [4.78, 5) is 7.09. The van der Waals surface area contributed by atoms with Gasteiger partial charge in [0, 0.05) is 73.4 Å². The summed E-state index contributed by atoms with van der Waals surface area (Å²) in [6, 6.07) is 165. The van der Waals surface area contributed by atoms with Crippen molar-refractivity contribution in [2.75, 3.05) is 14.7 Å². The fourth-order valence-electron chi connectivity index (χ4n) is 20.4. The zero-order chi connectivity index (χ0) is 82.8. The predicted molar refractivity (Wildman–Crippen MR) is 536 cm³/mol. The van der Waals surface area contributed by atoms with Gasteiger partial charge in [0.25, 0.3) is 0 Å². The molecule has 0 saturated heterocycles. The van der Waals surface area contributed by atoms with E-state index in [4.69, 9.17) is 4.42 Å². The highest BCUT2D eigenvalue weighted by Gasteiger charge is 2.36. The molecule has 4 nitrogen and oxygen atoms in total. The Balaban J connectivity index is 0.000000105. The Morgan fingerprint density at radius 3 is 1.01 bits per heavy atom. The van der Waals surface area contributed by atoms with E-state index < -0.39 is 0 Å². The highest BCUT2D eigenvalue weighted by molar-refractivity contribution is 6.28. The first-order valence-corrected chi connectivity index (χ1v) is 43.2. The van der Waals surface area contributed by atoms with E-state index in [2.05, 4.69) is 471 Å². The maximum atomic E-state index is 6.30. The number of rotatable bonds is 9. The van der Waals surface area contributed by atoms with Gasteiger partial charge in [-0.15, -0.1) is 0 Å². The Morgan fingerprint density at radius 1 is 0.160 bits per heavy atom. The molecule has 25 aromatic rings. The molecular formula is C121H81N3O. The van der Waals surface area contributed by atoms with Crippen molar-refractivity contribution in [1.82, 2.24) is 0 Å². The lowest BCUT2D eigenvalue weighted by Crippen LogP contribution is -2.16. The van der Waals surface area contributed by atoms with E-state index in [0.29, 0.717) is 0 Å². The number of benzene rings is 24. The topological polar surface area (TPSA) is 22.9 Å². The van der Waals surface area contributed by atoms with Crippen LogP contribution in [-0.4, -0.2) is 0 Å². The second kappa shape index (κ2) is 29.6. The van der Waals surface area contributed by atoms with Crippen LogP contribution in [0.3, 0.4) is 0 Å². The molecule has 125 heavy (non-hydrogen) atoms. The Morgan fingerprint density at radius 2 is 0.464 bits per heavy atom. The predicted octanol–water partition coefficient (Wildman–Crippen LogP) is 34.7. The zero-order valence-electron chi connectivity index (χ0n) is 69.1. The lowest BCUT2D eigenvalue weighted by molar-refractivity contribution is 0.660. The average Bonchev–Trinajstić information content (AvgIpc) is 1.72. The lowest BCUT2D eigenvalue weighted by atomic mass is 9.82. The number of nitrogens with zero attached hydrogens (tertiary/aromatic N) is 3. The van der Waals surface area contributed by atoms with Gasteiger partial charge in [-0.2, -0.15) is 0 Å². The molecule has 0 radical (unpaired) electrons. The fourth-order valence-corrected chi connectivity index (χ4v) is 20.4. The van der Waals surface area contributed by atoms with Gasteiger partial charge in [-0.05, 0) is 278 Å². The Bertz CT molecular complexity index is 8670. The Hall–Kier alpha value is -16.1. The Kier molecular flexibility index (Phi) is 17.3. The summed E-state index contributed by atoms with van der Waals surface area (Å²) in [7, 11) is 0. The van der Waals surface area contributed by atoms with Crippen molar-refractivity contribution in [3.63, 3.8) is 0 Å². The van der Waals surface area contributed by atoms with E-state index >= 15 is 0 Å². The van der Waals surface area contributed by atoms with Crippen molar-refractivity contribution in [1.29, 1.82) is 0 Å². The van der Waals surface area contributed by atoms with Gasteiger partial charge in [-0.1, -0.05) is 347 Å². The molecule has 0 aliphatic heterocycles. The highest BCUT2D eigenvalue weighted by Crippen LogP contribution is 2.52. The third kappa shape index (κ3) is 12.3. The third-order valence-corrected chi connectivity index (χ3v) is 26.4. The number of hydrogen-bond donors (Lipinski definition) is 0. The van der Waals surface area contributed by atoms with Crippen molar-refractivity contribution >= 4 is 213 Å². The minimum atomic E-state index is -0.0639. The molecule has 0 N–H and O–H groups in total. The van der Waals surface area contributed by atoms with Crippen LogP contribution in [0.1, 0.15) is 25.0 Å². The van der Waals surface area contributed by atoms with Crippen LogP contribution < -0.4 is 14.7 Å². The van der Waals surface area contributed by atoms with Gasteiger partial charge in [0.2, 0.25) is 0 Å². The van der Waals surface area contributed by atoms with E-state index in [0.717, 1.165) is 67.4 Å². The van der Waals surface area contributed by atoms with Gasteiger partial charge < -0.3 is 19.1 Å². The van der Waals surface area contributed by atoms with Gasteiger partial charge in [0.05, 0.1) is 0 Å². The van der Waals surface area contributed by atoms with Crippen molar-refractivity contribution in [2.24, 2.45) is 0 Å². The molecule has 4 heteroatoms. The molecule has 0 unspecified atom stereocenters. The quantitative estimate of drug-likeness (QED) is 0.134. The summed E-state index contributed by atoms with van der Waals surface area (Å²) in [5.74, 6) is 0. The van der Waals surface area contributed by atoms with Gasteiger partial charge in [0.15, 0.2) is 0 Å². The molecule has 1 aliphatic rings. The first-order valence-electron chi connectivity index (χ1n) is 43.2. The molecule has 0 fully saturated rings. The SMILES string of the molecule is CC1(C)c2ccccc2-c2ccc(N(c3ccccc3)c3ccc4ccc5ccc6c7ccccc7ccc6c5c4c3)cc21.c1ccc(N(c2ccc3c(c2)oc2ccccc23)c2ccc3ccc4ccc5c6ccccc6ccc5c4c3c2)cc1.c1ccc(N(c2ccc3ccccc3c2)c2ccc3c(ccc4c3ccc3ccc5ccccc5c34)c2)cc1. The highest BCUT2D eigenvalue weighted by atomic mass is 16.3. The largest absolute Gasteiger partial charge is 0.456 e. The minimum Gasteiger partial charge on any atom is -0.456 e. The van der Waals surface area contributed by atoms with Gasteiger partial charge >= 0.3 is 0 Å². The van der Waals surface area contributed by atoms with Crippen LogP contribution in [0.4, 0.5) is 51.2 Å². The lowest BCUT2D eigenvalue weighted by Gasteiger charge is -2.28. The molecule has 0 amide bonds. The molecule has 24 aromatic carbocycles. The summed E-state index contributed by atoms with van der Waals surface area (Å²) in [6.45, 7) is 4.70. The normalized spacial score (nSPS) is 12.3. The first-order chi connectivity index (χ1) is 61.7. The van der Waals surface area contributed by atoms with Gasteiger partial charge in [0.1, 0.15) is 11.2 Å². The number of fused-ring (bicyclic) bond motifs is 28. The number of anilines is 9. The second-order valence-electron chi connectivity index (χ2n) is 33.8. The summed E-state index contributed by atoms with van der Waals surface area (Å²) in [6.07, 6.45) is 0. The molecule has 0 bridgehead atoms. The smallest absolute Gasteiger partial charge is 0.137 e. The van der Waals surface area contributed by atoms with Crippen molar-refractivity contribution in [2.45, 2.75) is 19.3 Å². The maximum Gasteiger partial charge on any atom is 0.137 e. The number of furan rings is 1. The van der Waals surface area contributed by atoms with E-state index in [1.54, 1.807) is 0 Å².